The molecule has 21 aromatic carbocycles. The first kappa shape index (κ1) is 87.1. The fraction of sp³-hybridized carbons (Fsp3) is 0.0153. The average Bonchev–Trinajstić information content (AvgIpc) is 0.699. The van der Waals surface area contributed by atoms with Gasteiger partial charge < -0.3 is 14.6 Å². The molecular weight excluding hydrogens is 1680 g/mol. The summed E-state index contributed by atoms with van der Waals surface area (Å²) in [4.78, 5) is 11.7. The van der Waals surface area contributed by atoms with E-state index in [4.69, 9.17) is 9.47 Å². The molecule has 0 spiro atoms. The number of aromatic nitrogens is 3. The van der Waals surface area contributed by atoms with Crippen molar-refractivity contribution in [1.29, 1.82) is 0 Å². The molecule has 5 heterocycles. The predicted molar refractivity (Wildman–Crippen MR) is 575 cm³/mol. The Morgan fingerprint density at radius 3 is 0.986 bits per heavy atom. The van der Waals surface area contributed by atoms with Crippen molar-refractivity contribution in [3.8, 4) is 162 Å². The second-order valence-electron chi connectivity index (χ2n) is 35.2. The van der Waals surface area contributed by atoms with Crippen LogP contribution in [-0.4, -0.2) is 16.7 Å². The molecule has 0 atom stereocenters. The van der Waals surface area contributed by atoms with Gasteiger partial charge in [-0.1, -0.05) is 431 Å². The Kier molecular flexibility index (Phi) is 24.2. The number of hydrogen-bond donors (Lipinski definition) is 0. The molecule has 0 unspecified atom stereocenters. The van der Waals surface area contributed by atoms with Crippen LogP contribution in [0.5, 0.6) is 28.7 Å². The summed E-state index contributed by atoms with van der Waals surface area (Å²) in [5, 5.41) is 24.8. The van der Waals surface area contributed by atoms with Gasteiger partial charge in [0.2, 0.25) is 5.52 Å². The third-order valence-electron chi connectivity index (χ3n) is 27.1. The van der Waals surface area contributed by atoms with E-state index in [-0.39, 0.29) is 31.3 Å². The number of rotatable bonds is 12. The van der Waals surface area contributed by atoms with E-state index in [0.717, 1.165) is 100 Å². The maximum atomic E-state index is 11.1. The van der Waals surface area contributed by atoms with Gasteiger partial charge in [-0.05, 0) is 232 Å². The first-order valence-electron chi connectivity index (χ1n) is 47.0. The molecular formula is C131H90BLiN3O3+. The summed E-state index contributed by atoms with van der Waals surface area (Å²) in [6, 6.07) is 168. The quantitative estimate of drug-likeness (QED) is 0.0899. The number of ether oxygens (including phenoxy) is 2. The second kappa shape index (κ2) is 38.6. The molecule has 139 heavy (non-hydrogen) atoms. The Bertz CT molecular complexity index is 8480. The van der Waals surface area contributed by atoms with Crippen molar-refractivity contribution in [2.24, 2.45) is 0 Å². The Balaban J connectivity index is 0.000000114. The molecule has 0 radical (unpaired) electrons. The van der Waals surface area contributed by atoms with Crippen molar-refractivity contribution in [2.45, 2.75) is 13.8 Å². The molecule has 0 saturated heterocycles. The molecule has 6 nitrogen and oxygen atoms in total. The number of pyridine rings is 3. The van der Waals surface area contributed by atoms with Crippen LogP contribution < -0.4 is 54.8 Å². The first-order chi connectivity index (χ1) is 68.3. The van der Waals surface area contributed by atoms with E-state index in [1.165, 1.54) is 143 Å². The van der Waals surface area contributed by atoms with Gasteiger partial charge in [-0.3, -0.25) is 9.97 Å². The van der Waals surface area contributed by atoms with Crippen molar-refractivity contribution >= 4 is 87.9 Å². The number of hydrogen-bond acceptors (Lipinski definition) is 5. The second-order valence-corrected chi connectivity index (χ2v) is 35.2. The molecule has 0 aliphatic carbocycles. The van der Waals surface area contributed by atoms with Crippen molar-refractivity contribution in [3.05, 3.63) is 515 Å². The van der Waals surface area contributed by atoms with Gasteiger partial charge in [0.1, 0.15) is 23.0 Å². The Morgan fingerprint density at radius 1 is 0.230 bits per heavy atom. The van der Waals surface area contributed by atoms with Crippen molar-refractivity contribution < 1.29 is 38.4 Å². The fourth-order valence-electron chi connectivity index (χ4n) is 20.6. The molecule has 2 aliphatic rings. The fourth-order valence-corrected chi connectivity index (χ4v) is 20.6. The minimum absolute atomic E-state index is 0. The first-order valence-corrected chi connectivity index (χ1v) is 47.0. The van der Waals surface area contributed by atoms with Gasteiger partial charge in [0.05, 0.1) is 0 Å². The van der Waals surface area contributed by atoms with Gasteiger partial charge in [-0.2, -0.15) is 0 Å². The number of benzene rings is 21. The summed E-state index contributed by atoms with van der Waals surface area (Å²) in [5.41, 5.74) is 34.9. The van der Waals surface area contributed by atoms with Crippen LogP contribution in [0.15, 0.2) is 504 Å². The summed E-state index contributed by atoms with van der Waals surface area (Å²) in [6.45, 7) is 4.19. The molecule has 2 aliphatic heterocycles. The zero-order chi connectivity index (χ0) is 92.4. The molecule has 650 valence electrons. The van der Waals surface area contributed by atoms with Crippen LogP contribution in [-0.2, 0) is 0 Å². The summed E-state index contributed by atoms with van der Waals surface area (Å²) in [6.07, 6.45) is 9.37. The molecule has 26 rings (SSSR count). The molecule has 3 aromatic heterocycles. The number of H-pyrrole nitrogens is 1. The number of para-hydroxylation sites is 3. The topological polar surface area (TPSA) is 81.4 Å². The average molecular weight is 1770 g/mol. The van der Waals surface area contributed by atoms with E-state index < -0.39 is 0 Å². The molecule has 1 N–H and O–H groups in total. The number of nitrogens with zero attached hydrogens (tertiary/aromatic N) is 2. The molecule has 0 amide bonds. The SMILES string of the molecule is Cc1ccncc1-c1ccc(-c2c3ccccc3c(-c3ccc(-c4cnccc4C)cc3)c3cc(-c4ccccc4)ccc23)cc1.[Li+].[O-]c1cccc2ccc[nH+]c12.c1ccc(-c2ccc(-c3c4ccccc4c(-c4ccccc4)c4ccccc34)c3ccccc23)cc1.c1ccc(-c2cccc3c2Oc2c(-c4ccccc4)cc(-c4ccccc4)c4c2B3c2cccc(-c3ccccc3)c2O4)cc1. The van der Waals surface area contributed by atoms with Crippen LogP contribution in [0, 0.1) is 13.8 Å². The molecule has 8 heteroatoms. The largest absolute Gasteiger partial charge is 1.00 e. The van der Waals surface area contributed by atoms with E-state index in [1.54, 1.807) is 18.3 Å². The van der Waals surface area contributed by atoms with Crippen molar-refractivity contribution in [2.75, 3.05) is 0 Å². The van der Waals surface area contributed by atoms with Gasteiger partial charge in [0.25, 0.3) is 6.71 Å². The summed E-state index contributed by atoms with van der Waals surface area (Å²) in [7, 11) is 0. The van der Waals surface area contributed by atoms with E-state index in [0.29, 0.717) is 5.52 Å². The van der Waals surface area contributed by atoms with Gasteiger partial charge in [-0.15, -0.1) is 0 Å². The Hall–Kier alpha value is -17.3. The van der Waals surface area contributed by atoms with Crippen molar-refractivity contribution in [1.82, 2.24) is 9.97 Å². The van der Waals surface area contributed by atoms with Crippen LogP contribution in [0.1, 0.15) is 11.1 Å². The Morgan fingerprint density at radius 2 is 0.554 bits per heavy atom. The minimum atomic E-state index is -0.0825. The van der Waals surface area contributed by atoms with Crippen LogP contribution in [0.25, 0.3) is 198 Å². The third kappa shape index (κ3) is 16.6. The summed E-state index contributed by atoms with van der Waals surface area (Å²) >= 11 is 0. The maximum Gasteiger partial charge on any atom is 1.00 e. The van der Waals surface area contributed by atoms with Crippen LogP contribution in [0.3, 0.4) is 0 Å². The molecule has 0 bridgehead atoms. The summed E-state index contributed by atoms with van der Waals surface area (Å²) < 4.78 is 14.3. The van der Waals surface area contributed by atoms with E-state index in [9.17, 15) is 5.11 Å². The summed E-state index contributed by atoms with van der Waals surface area (Å²) in [5.74, 6) is 3.55. The van der Waals surface area contributed by atoms with Gasteiger partial charge >= 0.3 is 18.9 Å². The standard InChI is InChI=1S/C44H32N2.C42H27BO2.C36H24.C9H7NO.Li/c1-29-22-24-45-27-41(29)32-12-16-34(17-13-32)43-37-10-6-7-11-38(37)44(35-18-14-33(15-19-35)42-28-46-25-23-30(42)2)40-26-36(20-21-39(40)43)31-8-4-3-5-9-31;1-5-15-28(16-6-1)32-23-13-25-36-39(32)44-41-34(30-19-9-3-10-20-30)27-35(31-21-11-4-12-22-31)42-38(41)43(36)37-26-14-24-33(40(37)45-42)29-17-7-2-8-18-29;1-3-13-25(14-4-1)27-23-24-34(29-18-8-7-17-28(27)29)36-32-21-11-9-19-30(32)35(26-15-5-2-6-16-26)31-20-10-12-22-33(31)36;11-8-5-1-3-7-4-2-6-10-9(7)8;/h3-28H,1-2H3;1-27H;1-24H;1-6,11H;/q;;;;+1. The van der Waals surface area contributed by atoms with Crippen LogP contribution in [0.2, 0.25) is 0 Å². The van der Waals surface area contributed by atoms with E-state index >= 15 is 0 Å². The van der Waals surface area contributed by atoms with Crippen molar-refractivity contribution in [3.63, 3.8) is 0 Å². The number of nitrogens with one attached hydrogen (secondary N) is 1. The smallest absolute Gasteiger partial charge is 0.868 e. The van der Waals surface area contributed by atoms with Crippen LogP contribution >= 0.6 is 0 Å². The van der Waals surface area contributed by atoms with Gasteiger partial charge in [-0.25, -0.2) is 4.98 Å². The third-order valence-corrected chi connectivity index (χ3v) is 27.1. The number of aryl methyl sites for hydroxylation is 2. The molecule has 0 fully saturated rings. The zero-order valence-corrected chi connectivity index (χ0v) is 77.1. The van der Waals surface area contributed by atoms with Crippen LogP contribution in [0.4, 0.5) is 0 Å². The van der Waals surface area contributed by atoms with Gasteiger partial charge in [0, 0.05) is 75.1 Å². The minimum Gasteiger partial charge on any atom is -0.868 e. The number of fused-ring (bicyclic) bond motifs is 10. The predicted octanol–water partition coefficient (Wildman–Crippen LogP) is 28.7. The molecule has 0 saturated carbocycles. The monoisotopic (exact) mass is 1770 g/mol. The van der Waals surface area contributed by atoms with Gasteiger partial charge in [0.15, 0.2) is 6.20 Å². The van der Waals surface area contributed by atoms with E-state index in [2.05, 4.69) is 472 Å². The Labute approximate surface area is 821 Å². The number of aromatic amines is 1. The maximum absolute atomic E-state index is 11.1. The molecule has 24 aromatic rings. The normalized spacial score (nSPS) is 11.5. The van der Waals surface area contributed by atoms with E-state index in [1.807, 2.05) is 43.0 Å². The zero-order valence-electron chi connectivity index (χ0n) is 77.1.